The van der Waals surface area contributed by atoms with Crippen LogP contribution < -0.4 is 4.90 Å². The zero-order chi connectivity index (χ0) is 13.1. The smallest absolute Gasteiger partial charge is 0.278 e. The van der Waals surface area contributed by atoms with Crippen LogP contribution in [0.15, 0.2) is 36.7 Å². The van der Waals surface area contributed by atoms with Gasteiger partial charge in [0.05, 0.1) is 12.4 Å². The molecule has 0 unspecified atom stereocenters. The zero-order valence-electron chi connectivity index (χ0n) is 10.1. The third kappa shape index (κ3) is 2.49. The number of benzene rings is 1. The molecule has 0 bridgehead atoms. The molecule has 0 saturated heterocycles. The Balaban J connectivity index is 2.29. The number of carbonyl (C=O) groups excluding carboxylic acids is 1. The Bertz CT molecular complexity index is 569. The van der Waals surface area contributed by atoms with Gasteiger partial charge in [0.2, 0.25) is 0 Å². The average Bonchev–Trinajstić information content (AvgIpc) is 2.38. The number of hydrogen-bond donors (Lipinski definition) is 0. The number of carbonyl (C=O) groups is 1. The van der Waals surface area contributed by atoms with Crippen LogP contribution in [0.2, 0.25) is 5.15 Å². The van der Waals surface area contributed by atoms with Gasteiger partial charge >= 0.3 is 0 Å². The lowest BCUT2D eigenvalue weighted by Gasteiger charge is -2.18. The summed E-state index contributed by atoms with van der Waals surface area (Å²) in [6.07, 6.45) is 2.74. The molecular formula is C13H12ClN3O. The highest BCUT2D eigenvalue weighted by Gasteiger charge is 2.16. The van der Waals surface area contributed by atoms with E-state index in [2.05, 4.69) is 9.97 Å². The van der Waals surface area contributed by atoms with Crippen LogP contribution in [-0.4, -0.2) is 22.9 Å². The van der Waals surface area contributed by atoms with Gasteiger partial charge in [-0.3, -0.25) is 4.79 Å². The molecule has 0 aliphatic rings. The molecule has 0 aliphatic heterocycles. The number of aryl methyl sites for hydroxylation is 1. The molecule has 1 amide bonds. The predicted octanol–water partition coefficient (Wildman–Crippen LogP) is 2.72. The van der Waals surface area contributed by atoms with E-state index in [-0.39, 0.29) is 16.8 Å². The summed E-state index contributed by atoms with van der Waals surface area (Å²) in [5, 5.41) is 0.269. The largest absolute Gasteiger partial charge is 0.310 e. The molecule has 0 radical (unpaired) electrons. The van der Waals surface area contributed by atoms with E-state index < -0.39 is 0 Å². The first-order valence-corrected chi connectivity index (χ1v) is 5.78. The van der Waals surface area contributed by atoms with Crippen LogP contribution in [0.4, 0.5) is 5.69 Å². The zero-order valence-corrected chi connectivity index (χ0v) is 10.8. The second-order valence-corrected chi connectivity index (χ2v) is 4.26. The number of aromatic nitrogens is 2. The fourth-order valence-electron chi connectivity index (χ4n) is 1.64. The Morgan fingerprint density at radius 3 is 2.56 bits per heavy atom. The van der Waals surface area contributed by atoms with Crippen molar-refractivity contribution in [2.24, 2.45) is 0 Å². The minimum Gasteiger partial charge on any atom is -0.310 e. The van der Waals surface area contributed by atoms with Gasteiger partial charge in [0.1, 0.15) is 10.8 Å². The molecule has 1 aromatic carbocycles. The second kappa shape index (κ2) is 5.14. The van der Waals surface area contributed by atoms with Gasteiger partial charge in [0.25, 0.3) is 5.91 Å². The van der Waals surface area contributed by atoms with E-state index in [4.69, 9.17) is 11.6 Å². The van der Waals surface area contributed by atoms with Gasteiger partial charge in [-0.2, -0.15) is 0 Å². The number of nitrogens with zero attached hydrogens (tertiary/aromatic N) is 3. The maximum absolute atomic E-state index is 12.2. The number of para-hydroxylation sites is 1. The topological polar surface area (TPSA) is 46.1 Å². The van der Waals surface area contributed by atoms with Crippen molar-refractivity contribution < 1.29 is 4.79 Å². The summed E-state index contributed by atoms with van der Waals surface area (Å²) in [7, 11) is 1.71. The van der Waals surface area contributed by atoms with Gasteiger partial charge in [-0.05, 0) is 18.6 Å². The Morgan fingerprint density at radius 1 is 1.22 bits per heavy atom. The maximum atomic E-state index is 12.2. The van der Waals surface area contributed by atoms with Gasteiger partial charge in [-0.1, -0.05) is 29.8 Å². The Morgan fingerprint density at radius 2 is 1.94 bits per heavy atom. The molecule has 0 fully saturated rings. The normalized spacial score (nSPS) is 10.2. The van der Waals surface area contributed by atoms with Crippen molar-refractivity contribution in [3.05, 3.63) is 53.1 Å². The molecule has 0 aliphatic carbocycles. The first kappa shape index (κ1) is 12.5. The highest BCUT2D eigenvalue weighted by atomic mass is 35.5. The van der Waals surface area contributed by atoms with Crippen molar-refractivity contribution in [3.63, 3.8) is 0 Å². The van der Waals surface area contributed by atoms with E-state index >= 15 is 0 Å². The summed E-state index contributed by atoms with van der Waals surface area (Å²) in [4.78, 5) is 21.6. The lowest BCUT2D eigenvalue weighted by atomic mass is 10.2. The van der Waals surface area contributed by atoms with Crippen molar-refractivity contribution in [2.75, 3.05) is 11.9 Å². The summed E-state index contributed by atoms with van der Waals surface area (Å²) in [6, 6.07) is 7.65. The summed E-state index contributed by atoms with van der Waals surface area (Å²) >= 11 is 5.64. The molecular weight excluding hydrogens is 250 g/mol. The van der Waals surface area contributed by atoms with Gasteiger partial charge in [-0.25, -0.2) is 9.97 Å². The third-order valence-electron chi connectivity index (χ3n) is 2.62. The number of halogens is 1. The molecule has 0 N–H and O–H groups in total. The SMILES string of the molecule is Cc1ccccc1N(C)C(=O)c1cnc(Cl)cn1. The van der Waals surface area contributed by atoms with Crippen molar-refractivity contribution in [1.82, 2.24) is 9.97 Å². The second-order valence-electron chi connectivity index (χ2n) is 3.88. The monoisotopic (exact) mass is 261 g/mol. The maximum Gasteiger partial charge on any atom is 0.278 e. The molecule has 2 rings (SSSR count). The molecule has 2 aromatic rings. The molecule has 0 spiro atoms. The number of rotatable bonds is 2. The van der Waals surface area contributed by atoms with Crippen molar-refractivity contribution in [2.45, 2.75) is 6.92 Å². The quantitative estimate of drug-likeness (QED) is 0.835. The fourth-order valence-corrected chi connectivity index (χ4v) is 1.74. The molecule has 92 valence electrons. The number of hydrogen-bond acceptors (Lipinski definition) is 3. The first-order chi connectivity index (χ1) is 8.59. The Labute approximate surface area is 110 Å². The van der Waals surface area contributed by atoms with Crippen LogP contribution in [0.3, 0.4) is 0 Å². The molecule has 1 heterocycles. The van der Waals surface area contributed by atoms with Gasteiger partial charge in [0, 0.05) is 12.7 Å². The van der Waals surface area contributed by atoms with Crippen molar-refractivity contribution in [1.29, 1.82) is 0 Å². The van der Waals surface area contributed by atoms with E-state index in [1.807, 2.05) is 31.2 Å². The molecule has 1 aromatic heterocycles. The summed E-state index contributed by atoms with van der Waals surface area (Å²) < 4.78 is 0. The van der Waals surface area contributed by atoms with E-state index in [1.165, 1.54) is 12.4 Å². The minimum absolute atomic E-state index is 0.214. The lowest BCUT2D eigenvalue weighted by molar-refractivity contribution is 0.0987. The third-order valence-corrected chi connectivity index (χ3v) is 2.82. The van der Waals surface area contributed by atoms with Crippen LogP contribution in [0.25, 0.3) is 0 Å². The molecule has 18 heavy (non-hydrogen) atoms. The molecule has 0 atom stereocenters. The molecule has 5 heteroatoms. The minimum atomic E-state index is -0.214. The van der Waals surface area contributed by atoms with Crippen LogP contribution >= 0.6 is 11.6 Å². The highest BCUT2D eigenvalue weighted by Crippen LogP contribution is 2.19. The van der Waals surface area contributed by atoms with Gasteiger partial charge in [-0.15, -0.1) is 0 Å². The van der Waals surface area contributed by atoms with E-state index in [0.29, 0.717) is 0 Å². The standard InChI is InChI=1S/C13H12ClN3O/c1-9-5-3-4-6-11(9)17(2)13(18)10-7-16-12(14)8-15-10/h3-8H,1-2H3. The first-order valence-electron chi connectivity index (χ1n) is 5.41. The van der Waals surface area contributed by atoms with E-state index in [0.717, 1.165) is 11.3 Å². The van der Waals surface area contributed by atoms with Crippen molar-refractivity contribution in [3.8, 4) is 0 Å². The fraction of sp³-hybridized carbons (Fsp3) is 0.154. The Kier molecular flexibility index (Phi) is 3.58. The average molecular weight is 262 g/mol. The summed E-state index contributed by atoms with van der Waals surface area (Å²) in [5.41, 5.74) is 2.14. The summed E-state index contributed by atoms with van der Waals surface area (Å²) in [5.74, 6) is -0.214. The Hall–Kier alpha value is -1.94. The number of amides is 1. The van der Waals surface area contributed by atoms with Gasteiger partial charge < -0.3 is 4.90 Å². The molecule has 0 saturated carbocycles. The van der Waals surface area contributed by atoms with E-state index in [9.17, 15) is 4.79 Å². The molecule has 4 nitrogen and oxygen atoms in total. The number of anilines is 1. The highest BCUT2D eigenvalue weighted by molar-refractivity contribution is 6.29. The van der Waals surface area contributed by atoms with Gasteiger partial charge in [0.15, 0.2) is 0 Å². The predicted molar refractivity (Wildman–Crippen MR) is 71.0 cm³/mol. The van der Waals surface area contributed by atoms with E-state index in [1.54, 1.807) is 11.9 Å². The lowest BCUT2D eigenvalue weighted by Crippen LogP contribution is -2.27. The summed E-state index contributed by atoms with van der Waals surface area (Å²) in [6.45, 7) is 1.95. The van der Waals surface area contributed by atoms with Crippen LogP contribution in [-0.2, 0) is 0 Å². The van der Waals surface area contributed by atoms with Crippen LogP contribution in [0.1, 0.15) is 16.1 Å². The van der Waals surface area contributed by atoms with Crippen molar-refractivity contribution >= 4 is 23.2 Å². The van der Waals surface area contributed by atoms with Crippen LogP contribution in [0, 0.1) is 6.92 Å². The van der Waals surface area contributed by atoms with Crippen LogP contribution in [0.5, 0.6) is 0 Å².